The highest BCUT2D eigenvalue weighted by Crippen LogP contribution is 2.09. The summed E-state index contributed by atoms with van der Waals surface area (Å²) in [6.07, 6.45) is 0.446. The van der Waals surface area contributed by atoms with Crippen LogP contribution in [-0.4, -0.2) is 6.29 Å². The second-order valence-corrected chi connectivity index (χ2v) is 2.32. The van der Waals surface area contributed by atoms with Gasteiger partial charge in [-0.15, -0.1) is 0 Å². The Morgan fingerprint density at radius 2 is 2.25 bits per heavy atom. The Labute approximate surface area is 70.2 Å². The lowest BCUT2D eigenvalue weighted by Crippen LogP contribution is -1.86. The smallest absolute Gasteiger partial charge is 0.193 e. The normalized spacial score (nSPS) is 8.50. The van der Waals surface area contributed by atoms with Crippen LogP contribution in [0.15, 0.2) is 18.2 Å². The van der Waals surface area contributed by atoms with E-state index in [1.165, 1.54) is 0 Å². The van der Waals surface area contributed by atoms with Crippen LogP contribution in [0.1, 0.15) is 11.1 Å². The van der Waals surface area contributed by atoms with Gasteiger partial charge in [0.15, 0.2) is 6.29 Å². The minimum atomic E-state index is -0.355. The molecule has 0 bridgehead atoms. The third-order valence-electron chi connectivity index (χ3n) is 1.46. The minimum absolute atomic E-state index is 0.266. The van der Waals surface area contributed by atoms with Gasteiger partial charge < -0.3 is 0 Å². The summed E-state index contributed by atoms with van der Waals surface area (Å²) in [5.74, 6) is 4.22. The molecule has 0 amide bonds. The Morgan fingerprint density at radius 3 is 2.92 bits per heavy atom. The fourth-order valence-corrected chi connectivity index (χ4v) is 0.851. The van der Waals surface area contributed by atoms with Gasteiger partial charge in [-0.25, -0.2) is 4.39 Å². The molecule has 1 nitrogen and oxygen atoms in total. The zero-order chi connectivity index (χ0) is 8.97. The number of hydrogen-bond acceptors (Lipinski definition) is 1. The number of aryl methyl sites for hydroxylation is 1. The minimum Gasteiger partial charge on any atom is -0.289 e. The highest BCUT2D eigenvalue weighted by Gasteiger charge is 2.00. The average Bonchev–Trinajstić information content (AvgIpc) is 2.08. The third-order valence-corrected chi connectivity index (χ3v) is 1.46. The number of benzene rings is 1. The van der Waals surface area contributed by atoms with E-state index in [4.69, 9.17) is 0 Å². The molecule has 0 aliphatic rings. The first kappa shape index (κ1) is 8.48. The Balaban J connectivity index is 3.16. The molecule has 12 heavy (non-hydrogen) atoms. The topological polar surface area (TPSA) is 17.1 Å². The van der Waals surface area contributed by atoms with Gasteiger partial charge in [0, 0.05) is 0 Å². The van der Waals surface area contributed by atoms with Crippen molar-refractivity contribution >= 4 is 6.29 Å². The third kappa shape index (κ3) is 1.70. The molecular weight excluding hydrogens is 155 g/mol. The van der Waals surface area contributed by atoms with Gasteiger partial charge in [-0.05, 0) is 24.5 Å². The van der Waals surface area contributed by atoms with Gasteiger partial charge in [0.2, 0.25) is 0 Å². The number of rotatable bonds is 0. The van der Waals surface area contributed by atoms with Crippen LogP contribution in [0.25, 0.3) is 0 Å². The van der Waals surface area contributed by atoms with Crippen molar-refractivity contribution in [1.82, 2.24) is 0 Å². The fourth-order valence-electron chi connectivity index (χ4n) is 0.851. The van der Waals surface area contributed by atoms with Crippen LogP contribution in [0.2, 0.25) is 0 Å². The van der Waals surface area contributed by atoms with E-state index in [0.717, 1.165) is 0 Å². The molecule has 0 saturated carbocycles. The van der Waals surface area contributed by atoms with E-state index in [-0.39, 0.29) is 11.4 Å². The molecule has 0 unspecified atom stereocenters. The van der Waals surface area contributed by atoms with Gasteiger partial charge in [0.25, 0.3) is 0 Å². The molecule has 60 valence electrons. The van der Waals surface area contributed by atoms with E-state index < -0.39 is 0 Å². The van der Waals surface area contributed by atoms with E-state index in [1.807, 2.05) is 0 Å². The molecule has 0 aliphatic heterocycles. The van der Waals surface area contributed by atoms with Crippen LogP contribution in [0.4, 0.5) is 4.39 Å². The predicted molar refractivity (Wildman–Crippen MR) is 44.1 cm³/mol. The molecular formula is C10H7FO. The number of aldehydes is 1. The van der Waals surface area contributed by atoms with Gasteiger partial charge >= 0.3 is 0 Å². The van der Waals surface area contributed by atoms with Crippen molar-refractivity contribution in [2.24, 2.45) is 0 Å². The summed E-state index contributed by atoms with van der Waals surface area (Å²) in [6, 6.07) is 4.90. The van der Waals surface area contributed by atoms with Crippen molar-refractivity contribution in [2.45, 2.75) is 6.92 Å². The largest absolute Gasteiger partial charge is 0.289 e. The summed E-state index contributed by atoms with van der Waals surface area (Å²) in [6.45, 7) is 1.65. The Morgan fingerprint density at radius 1 is 1.50 bits per heavy atom. The van der Waals surface area contributed by atoms with Gasteiger partial charge in [0.05, 0.1) is 5.56 Å². The molecule has 0 spiro atoms. The van der Waals surface area contributed by atoms with Gasteiger partial charge in [-0.1, -0.05) is 18.1 Å². The molecule has 0 saturated heterocycles. The zero-order valence-corrected chi connectivity index (χ0v) is 6.60. The lowest BCUT2D eigenvalue weighted by atomic mass is 10.1. The van der Waals surface area contributed by atoms with E-state index in [9.17, 15) is 9.18 Å². The second kappa shape index (κ2) is 3.68. The van der Waals surface area contributed by atoms with Crippen molar-refractivity contribution in [3.8, 4) is 11.8 Å². The van der Waals surface area contributed by atoms with Crippen molar-refractivity contribution in [2.75, 3.05) is 0 Å². The van der Waals surface area contributed by atoms with Crippen LogP contribution < -0.4 is 0 Å². The number of carbonyl (C=O) groups excluding carboxylic acids is 1. The van der Waals surface area contributed by atoms with Crippen LogP contribution in [0.5, 0.6) is 0 Å². The first-order valence-electron chi connectivity index (χ1n) is 3.46. The molecule has 0 radical (unpaired) electrons. The monoisotopic (exact) mass is 162 g/mol. The first-order valence-corrected chi connectivity index (χ1v) is 3.46. The lowest BCUT2D eigenvalue weighted by molar-refractivity contribution is -0.103. The number of halogens is 1. The van der Waals surface area contributed by atoms with E-state index in [2.05, 4.69) is 11.8 Å². The maximum atomic E-state index is 13.1. The molecule has 2 heteroatoms. The molecule has 1 aromatic carbocycles. The standard InChI is InChI=1S/C10H7FO/c1-8-4-2-5-9(10(8)11)6-3-7-12/h2,4-5,7H,1H3. The van der Waals surface area contributed by atoms with Crippen molar-refractivity contribution in [1.29, 1.82) is 0 Å². The van der Waals surface area contributed by atoms with E-state index in [0.29, 0.717) is 11.8 Å². The fraction of sp³-hybridized carbons (Fsp3) is 0.100. The quantitative estimate of drug-likeness (QED) is 0.419. The highest BCUT2D eigenvalue weighted by molar-refractivity contribution is 5.74. The lowest BCUT2D eigenvalue weighted by Gasteiger charge is -1.96. The number of hydrogen-bond donors (Lipinski definition) is 0. The molecule has 0 N–H and O–H groups in total. The van der Waals surface area contributed by atoms with Gasteiger partial charge in [-0.2, -0.15) is 0 Å². The van der Waals surface area contributed by atoms with Crippen LogP contribution in [0, 0.1) is 24.6 Å². The summed E-state index contributed by atoms with van der Waals surface area (Å²) in [7, 11) is 0. The van der Waals surface area contributed by atoms with Crippen molar-refractivity contribution < 1.29 is 9.18 Å². The Kier molecular flexibility index (Phi) is 2.60. The predicted octanol–water partition coefficient (Wildman–Crippen LogP) is 1.68. The van der Waals surface area contributed by atoms with Crippen molar-refractivity contribution in [3.05, 3.63) is 35.1 Å². The molecule has 1 rings (SSSR count). The molecule has 1 aromatic rings. The van der Waals surface area contributed by atoms with Crippen LogP contribution in [0.3, 0.4) is 0 Å². The average molecular weight is 162 g/mol. The summed E-state index contributed by atoms with van der Waals surface area (Å²) in [5.41, 5.74) is 0.801. The molecule has 0 fully saturated rings. The summed E-state index contributed by atoms with van der Waals surface area (Å²) < 4.78 is 13.1. The maximum absolute atomic E-state index is 13.1. The molecule has 0 heterocycles. The SMILES string of the molecule is Cc1cccc(C#CC=O)c1F. The Bertz CT molecular complexity index is 358. The summed E-state index contributed by atoms with van der Waals surface area (Å²) in [4.78, 5) is 9.88. The van der Waals surface area contributed by atoms with Gasteiger partial charge in [-0.3, -0.25) is 4.79 Å². The summed E-state index contributed by atoms with van der Waals surface area (Å²) in [5, 5.41) is 0. The molecule has 0 aromatic heterocycles. The first-order chi connectivity index (χ1) is 5.75. The zero-order valence-electron chi connectivity index (χ0n) is 6.60. The maximum Gasteiger partial charge on any atom is 0.193 e. The number of carbonyl (C=O) groups is 1. The second-order valence-electron chi connectivity index (χ2n) is 2.32. The van der Waals surface area contributed by atoms with E-state index >= 15 is 0 Å². The molecule has 0 aliphatic carbocycles. The van der Waals surface area contributed by atoms with E-state index in [1.54, 1.807) is 25.1 Å². The van der Waals surface area contributed by atoms with Crippen LogP contribution in [-0.2, 0) is 4.79 Å². The summed E-state index contributed by atoms with van der Waals surface area (Å²) >= 11 is 0. The molecule has 0 atom stereocenters. The van der Waals surface area contributed by atoms with Gasteiger partial charge in [0.1, 0.15) is 5.82 Å². The van der Waals surface area contributed by atoms with Crippen molar-refractivity contribution in [3.63, 3.8) is 0 Å². The highest BCUT2D eigenvalue weighted by atomic mass is 19.1. The van der Waals surface area contributed by atoms with Crippen LogP contribution >= 0.6 is 0 Å². The Hall–Kier alpha value is -1.62.